The molecule has 5 aromatic rings. The van der Waals surface area contributed by atoms with E-state index in [2.05, 4.69) is 80.2 Å². The molecule has 0 fully saturated rings. The number of carbonyl (C=O) groups excluding carboxylic acids is 1. The number of benzene rings is 4. The number of aryl methyl sites for hydroxylation is 1. The zero-order valence-corrected chi connectivity index (χ0v) is 24.2. The van der Waals surface area contributed by atoms with Crippen LogP contribution in [0.4, 0.5) is 0 Å². The molecule has 1 amide bonds. The Labute approximate surface area is 243 Å². The van der Waals surface area contributed by atoms with E-state index in [1.54, 1.807) is 6.21 Å². The van der Waals surface area contributed by atoms with E-state index in [0.717, 1.165) is 47.1 Å². The van der Waals surface area contributed by atoms with Crippen LogP contribution < -0.4 is 10.2 Å². The normalized spacial score (nSPS) is 11.1. The van der Waals surface area contributed by atoms with Gasteiger partial charge in [-0.15, -0.1) is 0 Å². The molecule has 5 rings (SSSR count). The minimum atomic E-state index is -0.302. The highest BCUT2D eigenvalue weighted by Gasteiger charge is 2.14. The van der Waals surface area contributed by atoms with Crippen LogP contribution in [0.1, 0.15) is 27.0 Å². The van der Waals surface area contributed by atoms with E-state index in [1.165, 1.54) is 5.56 Å². The van der Waals surface area contributed by atoms with Gasteiger partial charge < -0.3 is 4.74 Å². The van der Waals surface area contributed by atoms with E-state index in [-0.39, 0.29) is 5.91 Å². The molecular formula is C31H23BrIN3O2. The van der Waals surface area contributed by atoms with Crippen LogP contribution in [0.5, 0.6) is 5.75 Å². The van der Waals surface area contributed by atoms with Crippen molar-refractivity contribution >= 4 is 61.5 Å². The van der Waals surface area contributed by atoms with Gasteiger partial charge in [0.05, 0.1) is 31.0 Å². The number of aromatic nitrogens is 1. The van der Waals surface area contributed by atoms with Crippen LogP contribution in [-0.2, 0) is 6.61 Å². The summed E-state index contributed by atoms with van der Waals surface area (Å²) in [6.45, 7) is 2.54. The molecule has 0 unspecified atom stereocenters. The number of pyridine rings is 1. The number of hydrazone groups is 1. The number of nitrogens with zero attached hydrogens (tertiary/aromatic N) is 2. The highest BCUT2D eigenvalue weighted by molar-refractivity contribution is 14.1. The molecule has 0 aliphatic heterocycles. The van der Waals surface area contributed by atoms with Crippen molar-refractivity contribution in [3.05, 3.63) is 127 Å². The number of rotatable bonds is 7. The Morgan fingerprint density at radius 3 is 2.50 bits per heavy atom. The number of amides is 1. The molecule has 7 heteroatoms. The first-order valence-corrected chi connectivity index (χ1v) is 13.8. The number of nitrogens with one attached hydrogen (secondary N) is 1. The largest absolute Gasteiger partial charge is 0.487 e. The van der Waals surface area contributed by atoms with E-state index in [9.17, 15) is 4.79 Å². The Morgan fingerprint density at radius 2 is 1.74 bits per heavy atom. The minimum absolute atomic E-state index is 0.302. The number of para-hydroxylation sites is 1. The third-order valence-electron chi connectivity index (χ3n) is 5.93. The van der Waals surface area contributed by atoms with E-state index in [4.69, 9.17) is 9.72 Å². The first kappa shape index (κ1) is 26.1. The molecule has 0 saturated carbocycles. The summed E-state index contributed by atoms with van der Waals surface area (Å²) in [6, 6.07) is 31.4. The predicted octanol–water partition coefficient (Wildman–Crippen LogP) is 7.92. The highest BCUT2D eigenvalue weighted by Crippen LogP contribution is 2.32. The molecule has 0 atom stereocenters. The van der Waals surface area contributed by atoms with E-state index >= 15 is 0 Å². The van der Waals surface area contributed by atoms with Crippen molar-refractivity contribution in [1.82, 2.24) is 10.4 Å². The lowest BCUT2D eigenvalue weighted by Gasteiger charge is -2.12. The van der Waals surface area contributed by atoms with Crippen LogP contribution in [0.15, 0.2) is 107 Å². The molecular weight excluding hydrogens is 653 g/mol. The second-order valence-electron chi connectivity index (χ2n) is 8.73. The van der Waals surface area contributed by atoms with Crippen molar-refractivity contribution in [2.45, 2.75) is 13.5 Å². The molecule has 188 valence electrons. The lowest BCUT2D eigenvalue weighted by molar-refractivity contribution is 0.0956. The van der Waals surface area contributed by atoms with Crippen LogP contribution >= 0.6 is 38.5 Å². The summed E-state index contributed by atoms with van der Waals surface area (Å²) in [5.74, 6) is 0.466. The minimum Gasteiger partial charge on any atom is -0.487 e. The Morgan fingerprint density at radius 1 is 1.00 bits per heavy atom. The Balaban J connectivity index is 1.32. The third kappa shape index (κ3) is 6.11. The molecule has 0 radical (unpaired) electrons. The zero-order chi connectivity index (χ0) is 26.5. The third-order valence-corrected chi connectivity index (χ3v) is 7.32. The first-order valence-electron chi connectivity index (χ1n) is 11.9. The van der Waals surface area contributed by atoms with Crippen LogP contribution in [0.3, 0.4) is 0 Å². The molecule has 1 heterocycles. The van der Waals surface area contributed by atoms with Gasteiger partial charge >= 0.3 is 0 Å². The summed E-state index contributed by atoms with van der Waals surface area (Å²) in [5.41, 5.74) is 8.77. The quantitative estimate of drug-likeness (QED) is 0.108. The van der Waals surface area contributed by atoms with Gasteiger partial charge in [-0.1, -0.05) is 78.4 Å². The van der Waals surface area contributed by atoms with Gasteiger partial charge in [0, 0.05) is 10.9 Å². The molecule has 0 aliphatic carbocycles. The SMILES string of the molecule is Cc1ccc(COc2c(Br)cc(/C=N/NC(=O)c3cc(-c4ccccc4)nc4ccccc34)cc2I)cc1. The average molecular weight is 676 g/mol. The van der Waals surface area contributed by atoms with Gasteiger partial charge in [0.1, 0.15) is 12.4 Å². The van der Waals surface area contributed by atoms with E-state index in [0.29, 0.717) is 12.2 Å². The number of hydrogen-bond donors (Lipinski definition) is 1. The zero-order valence-electron chi connectivity index (χ0n) is 20.5. The lowest BCUT2D eigenvalue weighted by atomic mass is 10.0. The molecule has 38 heavy (non-hydrogen) atoms. The van der Waals surface area contributed by atoms with Gasteiger partial charge in [-0.2, -0.15) is 5.10 Å². The van der Waals surface area contributed by atoms with Crippen LogP contribution in [0.25, 0.3) is 22.2 Å². The molecule has 0 aliphatic rings. The summed E-state index contributed by atoms with van der Waals surface area (Å²) in [7, 11) is 0. The number of fused-ring (bicyclic) bond motifs is 1. The Kier molecular flexibility index (Phi) is 8.14. The standard InChI is InChI=1S/C31H23BrIN3O2/c1-20-11-13-21(14-12-20)19-38-30-26(32)15-22(16-27(30)33)18-34-36-31(37)25-17-29(23-7-3-2-4-8-23)35-28-10-6-5-9-24(25)28/h2-18H,19H2,1H3,(H,36,37)/b34-18+. The summed E-state index contributed by atoms with van der Waals surface area (Å²) in [6.07, 6.45) is 1.62. The van der Waals surface area contributed by atoms with Crippen molar-refractivity contribution in [2.75, 3.05) is 0 Å². The smallest absolute Gasteiger partial charge is 0.272 e. The number of hydrogen-bond acceptors (Lipinski definition) is 4. The number of halogens is 2. The molecule has 0 saturated heterocycles. The fourth-order valence-electron chi connectivity index (χ4n) is 3.98. The van der Waals surface area contributed by atoms with Crippen molar-refractivity contribution < 1.29 is 9.53 Å². The van der Waals surface area contributed by atoms with Crippen molar-refractivity contribution in [2.24, 2.45) is 5.10 Å². The molecule has 4 aromatic carbocycles. The Hall–Kier alpha value is -3.56. The molecule has 1 aromatic heterocycles. The van der Waals surface area contributed by atoms with Crippen LogP contribution in [0, 0.1) is 10.5 Å². The van der Waals surface area contributed by atoms with E-state index < -0.39 is 0 Å². The monoisotopic (exact) mass is 675 g/mol. The molecule has 0 spiro atoms. The van der Waals surface area contributed by atoms with Gasteiger partial charge in [-0.05, 0) is 80.8 Å². The van der Waals surface area contributed by atoms with Crippen molar-refractivity contribution in [3.8, 4) is 17.0 Å². The van der Waals surface area contributed by atoms with Crippen molar-refractivity contribution in [3.63, 3.8) is 0 Å². The number of ether oxygens (including phenoxy) is 1. The van der Waals surface area contributed by atoms with Crippen molar-refractivity contribution in [1.29, 1.82) is 0 Å². The highest BCUT2D eigenvalue weighted by atomic mass is 127. The predicted molar refractivity (Wildman–Crippen MR) is 165 cm³/mol. The van der Waals surface area contributed by atoms with Gasteiger partial charge in [0.2, 0.25) is 0 Å². The summed E-state index contributed by atoms with van der Waals surface area (Å²) >= 11 is 5.85. The van der Waals surface area contributed by atoms with Gasteiger partial charge in [0.15, 0.2) is 0 Å². The second kappa shape index (κ2) is 11.9. The lowest BCUT2D eigenvalue weighted by Crippen LogP contribution is -2.18. The molecule has 5 nitrogen and oxygen atoms in total. The van der Waals surface area contributed by atoms with Gasteiger partial charge in [-0.25, -0.2) is 10.4 Å². The maximum absolute atomic E-state index is 13.2. The number of carbonyl (C=O) groups is 1. The fourth-order valence-corrected chi connectivity index (χ4v) is 5.75. The molecule has 0 bridgehead atoms. The van der Waals surface area contributed by atoms with Crippen LogP contribution in [0.2, 0.25) is 0 Å². The van der Waals surface area contributed by atoms with Crippen LogP contribution in [-0.4, -0.2) is 17.1 Å². The average Bonchev–Trinajstić information content (AvgIpc) is 2.93. The van der Waals surface area contributed by atoms with E-state index in [1.807, 2.05) is 72.8 Å². The Bertz CT molecular complexity index is 1610. The summed E-state index contributed by atoms with van der Waals surface area (Å²) in [4.78, 5) is 17.9. The first-order chi connectivity index (χ1) is 18.5. The topological polar surface area (TPSA) is 63.6 Å². The maximum Gasteiger partial charge on any atom is 0.272 e. The second-order valence-corrected chi connectivity index (χ2v) is 10.7. The summed E-state index contributed by atoms with van der Waals surface area (Å²) < 4.78 is 7.81. The summed E-state index contributed by atoms with van der Waals surface area (Å²) in [5, 5.41) is 5.00. The maximum atomic E-state index is 13.2. The van der Waals surface area contributed by atoms with Gasteiger partial charge in [-0.3, -0.25) is 4.79 Å². The molecule has 1 N–H and O–H groups in total. The fraction of sp³-hybridized carbons (Fsp3) is 0.0645. The van der Waals surface area contributed by atoms with Gasteiger partial charge in [0.25, 0.3) is 5.91 Å².